The van der Waals surface area contributed by atoms with E-state index < -0.39 is 24.2 Å². The number of furan rings is 1. The molecule has 0 aliphatic heterocycles. The number of hydrogen-bond acceptors (Lipinski definition) is 1. The lowest BCUT2D eigenvalue weighted by Gasteiger charge is -2.19. The molecule has 0 unspecified atom stereocenters. The van der Waals surface area contributed by atoms with E-state index in [2.05, 4.69) is 12.1 Å². The molecule has 41 heavy (non-hydrogen) atoms. The van der Waals surface area contributed by atoms with Crippen LogP contribution in [0.4, 0.5) is 0 Å². The van der Waals surface area contributed by atoms with Crippen molar-refractivity contribution in [3.63, 3.8) is 0 Å². The van der Waals surface area contributed by atoms with Gasteiger partial charge in [0.1, 0.15) is 11.2 Å². The van der Waals surface area contributed by atoms with Crippen molar-refractivity contribution in [1.82, 2.24) is 0 Å². The Morgan fingerprint density at radius 3 is 1.71 bits per heavy atom. The van der Waals surface area contributed by atoms with Crippen molar-refractivity contribution in [1.29, 1.82) is 0 Å². The summed E-state index contributed by atoms with van der Waals surface area (Å²) in [4.78, 5) is 0. The number of hydrogen-bond donors (Lipinski definition) is 0. The van der Waals surface area contributed by atoms with Crippen LogP contribution in [0, 0.1) is 0 Å². The molecule has 9 aromatic rings. The second-order valence-corrected chi connectivity index (χ2v) is 10.2. The van der Waals surface area contributed by atoms with E-state index in [1.165, 1.54) is 0 Å². The van der Waals surface area contributed by atoms with Crippen LogP contribution in [-0.2, 0) is 0 Å². The largest absolute Gasteiger partial charge is 0.456 e. The average Bonchev–Trinajstić information content (AvgIpc) is 3.50. The Balaban J connectivity index is 1.49. The van der Waals surface area contributed by atoms with Gasteiger partial charge in [-0.3, -0.25) is 0 Å². The molecule has 0 aliphatic rings. The molecule has 0 amide bonds. The van der Waals surface area contributed by atoms with Crippen LogP contribution in [0.1, 0.15) is 11.0 Å². The van der Waals surface area contributed by atoms with E-state index in [4.69, 9.17) is 15.4 Å². The number of benzene rings is 8. The highest BCUT2D eigenvalue weighted by Gasteiger charge is 2.19. The van der Waals surface area contributed by atoms with Crippen molar-refractivity contribution in [2.45, 2.75) is 0 Å². The molecule has 9 rings (SSSR count). The van der Waals surface area contributed by atoms with Crippen LogP contribution in [0.3, 0.4) is 0 Å². The summed E-state index contributed by atoms with van der Waals surface area (Å²) in [6, 6.07) is 28.7. The fraction of sp³-hybridized carbons (Fsp3) is 0. The summed E-state index contributed by atoms with van der Waals surface area (Å²) in [5, 5.41) is 6.07. The van der Waals surface area contributed by atoms with Gasteiger partial charge in [-0.25, -0.2) is 0 Å². The van der Waals surface area contributed by atoms with E-state index >= 15 is 0 Å². The van der Waals surface area contributed by atoms with Gasteiger partial charge in [0.25, 0.3) is 0 Å². The lowest BCUT2D eigenvalue weighted by Crippen LogP contribution is -1.92. The van der Waals surface area contributed by atoms with Crippen LogP contribution in [0.2, 0.25) is 0 Å². The summed E-state index contributed by atoms with van der Waals surface area (Å²) in [5.41, 5.74) is 4.76. The summed E-state index contributed by atoms with van der Waals surface area (Å²) >= 11 is 0. The van der Waals surface area contributed by atoms with Gasteiger partial charge in [0, 0.05) is 10.8 Å². The van der Waals surface area contributed by atoms with Gasteiger partial charge in [-0.05, 0) is 89.6 Å². The van der Waals surface area contributed by atoms with E-state index in [1.54, 1.807) is 6.07 Å². The second kappa shape index (κ2) is 8.55. The molecule has 0 radical (unpaired) electrons. The highest BCUT2D eigenvalue weighted by Crippen LogP contribution is 2.47. The second-order valence-electron chi connectivity index (χ2n) is 10.2. The molecule has 1 heterocycles. The Morgan fingerprint density at radius 2 is 0.976 bits per heavy atom. The van der Waals surface area contributed by atoms with Gasteiger partial charge in [-0.2, -0.15) is 0 Å². The third-order valence-corrected chi connectivity index (χ3v) is 8.08. The quantitative estimate of drug-likeness (QED) is 0.161. The van der Waals surface area contributed by atoms with E-state index in [-0.39, 0.29) is 45.7 Å². The molecule has 0 aliphatic carbocycles. The molecule has 0 saturated heterocycles. The van der Waals surface area contributed by atoms with Gasteiger partial charge < -0.3 is 4.42 Å². The maximum absolute atomic E-state index is 9.14. The van der Waals surface area contributed by atoms with Crippen LogP contribution in [0.15, 0.2) is 150 Å². The average molecular weight is 529 g/mol. The van der Waals surface area contributed by atoms with E-state index in [0.717, 1.165) is 54.6 Å². The summed E-state index contributed by atoms with van der Waals surface area (Å²) in [6.07, 6.45) is 0. The molecule has 8 aromatic carbocycles. The van der Waals surface area contributed by atoms with Crippen molar-refractivity contribution in [2.75, 3.05) is 0 Å². The topological polar surface area (TPSA) is 13.1 Å². The molecule has 1 heteroatoms. The van der Waals surface area contributed by atoms with Gasteiger partial charge in [0.05, 0.1) is 11.0 Å². The third-order valence-electron chi connectivity index (χ3n) is 8.08. The Hall–Kier alpha value is -5.40. The number of para-hydroxylation sites is 1. The Labute approximate surface area is 248 Å². The molecule has 0 N–H and O–H groups in total. The van der Waals surface area contributed by atoms with Gasteiger partial charge >= 0.3 is 0 Å². The zero-order chi connectivity index (χ0) is 33.9. The predicted molar refractivity (Wildman–Crippen MR) is 175 cm³/mol. The lowest BCUT2D eigenvalue weighted by molar-refractivity contribution is 0.669. The van der Waals surface area contributed by atoms with E-state index in [9.17, 15) is 0 Å². The maximum Gasteiger partial charge on any atom is 0.135 e. The van der Waals surface area contributed by atoms with Gasteiger partial charge in [-0.15, -0.1) is 0 Å². The van der Waals surface area contributed by atoms with Crippen molar-refractivity contribution in [3.05, 3.63) is 145 Å². The molecule has 0 saturated carbocycles. The van der Waals surface area contributed by atoms with E-state index in [0.29, 0.717) is 11.1 Å². The Bertz CT molecular complexity index is 2870. The number of rotatable bonds is 2. The lowest BCUT2D eigenvalue weighted by atomic mass is 9.83. The summed E-state index contributed by atoms with van der Waals surface area (Å²) < 4.78 is 75.9. The van der Waals surface area contributed by atoms with Crippen molar-refractivity contribution >= 4 is 65.0 Å². The first kappa shape index (κ1) is 16.0. The molecular formula is C40H24O. The van der Waals surface area contributed by atoms with Crippen molar-refractivity contribution in [2.24, 2.45) is 0 Å². The van der Waals surface area contributed by atoms with Crippen LogP contribution < -0.4 is 0 Å². The Morgan fingerprint density at radius 1 is 0.415 bits per heavy atom. The SMILES string of the molecule is [2H]c1c([2H])c([2H])c2c(cc(-c3c4ccccc4c(-c4ccc5oc6ccccc6c5c4)c4ccccc34)c3c([2H])c([2H])c([2H])c([2H])c32)c1[2H]. The smallest absolute Gasteiger partial charge is 0.135 e. The molecule has 1 nitrogen and oxygen atoms in total. The van der Waals surface area contributed by atoms with Crippen LogP contribution in [0.5, 0.6) is 0 Å². The molecule has 0 fully saturated rings. The summed E-state index contributed by atoms with van der Waals surface area (Å²) in [5.74, 6) is 0. The minimum Gasteiger partial charge on any atom is -0.456 e. The summed E-state index contributed by atoms with van der Waals surface area (Å²) in [6.45, 7) is 0. The van der Waals surface area contributed by atoms with E-state index in [1.807, 2.05) is 78.9 Å². The standard InChI is InChI=1S/C40H24O/c1-2-12-27-25(11-1)23-36(29-14-4-3-13-28(27)29)40-33-18-7-5-16-31(33)39(32-17-6-8-19-34(32)40)26-21-22-38-35(24-26)30-15-9-10-20-37(30)41-38/h1-24H/i1D,2D,3D,4D,11D,12D,13D,14D. The highest BCUT2D eigenvalue weighted by atomic mass is 16.3. The minimum atomic E-state index is -0.462. The fourth-order valence-corrected chi connectivity index (χ4v) is 6.35. The zero-order valence-electron chi connectivity index (χ0n) is 29.6. The molecule has 190 valence electrons. The molecule has 1 aromatic heterocycles. The van der Waals surface area contributed by atoms with Crippen molar-refractivity contribution in [3.8, 4) is 22.3 Å². The maximum atomic E-state index is 9.14. The molecular weight excluding hydrogens is 496 g/mol. The first-order valence-electron chi connectivity index (χ1n) is 17.5. The van der Waals surface area contributed by atoms with Crippen LogP contribution >= 0.6 is 0 Å². The first-order chi connectivity index (χ1) is 23.7. The zero-order valence-corrected chi connectivity index (χ0v) is 21.6. The monoisotopic (exact) mass is 528 g/mol. The van der Waals surface area contributed by atoms with Crippen LogP contribution in [-0.4, -0.2) is 0 Å². The van der Waals surface area contributed by atoms with Gasteiger partial charge in [0.2, 0.25) is 0 Å². The summed E-state index contributed by atoms with van der Waals surface area (Å²) in [7, 11) is 0. The molecule has 0 atom stereocenters. The Kier molecular flexibility index (Phi) is 3.34. The minimum absolute atomic E-state index is 0.0695. The predicted octanol–water partition coefficient (Wildman–Crippen LogP) is 11.5. The molecule has 0 bridgehead atoms. The molecule has 0 spiro atoms. The van der Waals surface area contributed by atoms with Gasteiger partial charge in [0.15, 0.2) is 0 Å². The third kappa shape index (κ3) is 3.24. The first-order valence-corrected chi connectivity index (χ1v) is 13.5. The van der Waals surface area contributed by atoms with Crippen molar-refractivity contribution < 1.29 is 15.4 Å². The van der Waals surface area contributed by atoms with Gasteiger partial charge in [-0.1, -0.05) is 121 Å². The van der Waals surface area contributed by atoms with Crippen LogP contribution in [0.25, 0.3) is 87.3 Å². The normalized spacial score (nSPS) is 14.6. The fourth-order valence-electron chi connectivity index (χ4n) is 6.35. The highest BCUT2D eigenvalue weighted by molar-refractivity contribution is 6.26. The number of fused-ring (bicyclic) bond motifs is 8.